The average Bonchev–Trinajstić information content (AvgIpc) is 3.57. The largest absolute Gasteiger partial charge is 0.364 e. The number of amides is 2. The van der Waals surface area contributed by atoms with E-state index < -0.39 is 5.91 Å². The van der Waals surface area contributed by atoms with Crippen LogP contribution in [0.4, 0.5) is 17.3 Å². The number of pyridine rings is 1. The van der Waals surface area contributed by atoms with E-state index in [1.807, 2.05) is 12.1 Å². The van der Waals surface area contributed by atoms with Crippen LogP contribution in [0.1, 0.15) is 83.7 Å². The molecule has 10 heteroatoms. The lowest BCUT2D eigenvalue weighted by molar-refractivity contribution is 0.0931. The molecule has 220 valence electrons. The third-order valence-electron chi connectivity index (χ3n) is 9.01. The summed E-state index contributed by atoms with van der Waals surface area (Å²) in [5, 5.41) is 6.39. The molecule has 2 aromatic heterocycles. The molecule has 6 rings (SSSR count). The molecule has 3 aromatic rings. The number of piperidine rings is 2. The van der Waals surface area contributed by atoms with Crippen molar-refractivity contribution in [1.82, 2.24) is 25.2 Å². The molecule has 0 spiro atoms. The van der Waals surface area contributed by atoms with Gasteiger partial charge in [0.15, 0.2) is 11.5 Å². The Balaban J connectivity index is 1.10. The smallest absolute Gasteiger partial charge is 0.271 e. The fraction of sp³-hybridized carbons (Fsp3) is 0.469. The molecule has 2 saturated heterocycles. The number of hydrogen-bond acceptors (Lipinski definition) is 8. The molecule has 10 nitrogen and oxygen atoms in total. The molecule has 1 saturated carbocycles. The van der Waals surface area contributed by atoms with Gasteiger partial charge in [-0.2, -0.15) is 0 Å². The van der Waals surface area contributed by atoms with E-state index in [-0.39, 0.29) is 17.6 Å². The monoisotopic (exact) mass is 568 g/mol. The van der Waals surface area contributed by atoms with Gasteiger partial charge < -0.3 is 26.2 Å². The van der Waals surface area contributed by atoms with Crippen LogP contribution in [0.3, 0.4) is 0 Å². The van der Waals surface area contributed by atoms with Crippen LogP contribution >= 0.6 is 0 Å². The van der Waals surface area contributed by atoms with Gasteiger partial charge in [-0.25, -0.2) is 9.97 Å². The standard InChI is InChI=1S/C32H40N8O2/c33-30(41)29-31(36-25-11-9-22(10-12-25)23-13-17-39(18-14-23)27-7-1-2-8-27)38-28(20-35-29)40-16-4-6-26(21-40)37-32(42)24-5-3-15-34-19-24/h3,5,9-12,15,19-20,23,26-27H,1-2,4,6-8,13-14,16-18,21H2,(H2,33,41)(H,36,38)(H,37,42)/t26-/m1/s1. The van der Waals surface area contributed by atoms with E-state index in [1.165, 1.54) is 57.2 Å². The van der Waals surface area contributed by atoms with Gasteiger partial charge in [0.05, 0.1) is 11.8 Å². The van der Waals surface area contributed by atoms with Gasteiger partial charge in [0.1, 0.15) is 5.82 Å². The molecule has 0 radical (unpaired) electrons. The van der Waals surface area contributed by atoms with Crippen LogP contribution in [0.5, 0.6) is 0 Å². The third kappa shape index (κ3) is 6.54. The van der Waals surface area contributed by atoms with Crippen LogP contribution in [0.15, 0.2) is 55.0 Å². The fourth-order valence-electron chi connectivity index (χ4n) is 6.71. The molecule has 0 bridgehead atoms. The minimum atomic E-state index is -0.637. The van der Waals surface area contributed by atoms with Crippen molar-refractivity contribution in [2.75, 3.05) is 36.4 Å². The molecule has 3 aliphatic rings. The van der Waals surface area contributed by atoms with Gasteiger partial charge in [-0.3, -0.25) is 14.6 Å². The second-order valence-electron chi connectivity index (χ2n) is 11.8. The number of nitrogens with zero attached hydrogens (tertiary/aromatic N) is 5. The second kappa shape index (κ2) is 12.9. The Morgan fingerprint density at radius 3 is 2.40 bits per heavy atom. The normalized spacial score (nSPS) is 20.4. The first kappa shape index (κ1) is 28.1. The summed E-state index contributed by atoms with van der Waals surface area (Å²) in [5.41, 5.74) is 8.47. The number of aromatic nitrogens is 3. The van der Waals surface area contributed by atoms with Crippen molar-refractivity contribution in [2.45, 2.75) is 69.4 Å². The van der Waals surface area contributed by atoms with E-state index in [1.54, 1.807) is 30.7 Å². The number of anilines is 3. The van der Waals surface area contributed by atoms with Crippen LogP contribution in [0.2, 0.25) is 0 Å². The van der Waals surface area contributed by atoms with Gasteiger partial charge in [0.25, 0.3) is 11.8 Å². The van der Waals surface area contributed by atoms with E-state index in [9.17, 15) is 9.59 Å². The van der Waals surface area contributed by atoms with Gasteiger partial charge in [-0.15, -0.1) is 0 Å². The first-order chi connectivity index (χ1) is 20.5. The molecular formula is C32H40N8O2. The lowest BCUT2D eigenvalue weighted by atomic mass is 9.88. The lowest BCUT2D eigenvalue weighted by Gasteiger charge is -2.36. The summed E-state index contributed by atoms with van der Waals surface area (Å²) >= 11 is 0. The van der Waals surface area contributed by atoms with Crippen molar-refractivity contribution < 1.29 is 9.59 Å². The van der Waals surface area contributed by atoms with Gasteiger partial charge in [0.2, 0.25) is 0 Å². The first-order valence-corrected chi connectivity index (χ1v) is 15.3. The van der Waals surface area contributed by atoms with Crippen molar-refractivity contribution in [2.24, 2.45) is 5.73 Å². The SMILES string of the molecule is NC(=O)c1ncc(N2CCC[C@@H](NC(=O)c3cccnc3)C2)nc1Nc1ccc(C2CCN(C3CCCC3)CC2)cc1. The molecular weight excluding hydrogens is 528 g/mol. The van der Waals surface area contributed by atoms with Crippen molar-refractivity contribution in [3.8, 4) is 0 Å². The Morgan fingerprint density at radius 2 is 1.69 bits per heavy atom. The maximum Gasteiger partial charge on any atom is 0.271 e. The van der Waals surface area contributed by atoms with Crippen LogP contribution in [-0.2, 0) is 0 Å². The van der Waals surface area contributed by atoms with E-state index in [2.05, 4.69) is 42.5 Å². The van der Waals surface area contributed by atoms with E-state index in [0.717, 1.165) is 31.1 Å². The Labute approximate surface area is 247 Å². The topological polar surface area (TPSA) is 129 Å². The lowest BCUT2D eigenvalue weighted by Crippen LogP contribution is -2.48. The Bertz CT molecular complexity index is 1370. The molecule has 4 heterocycles. The number of hydrogen-bond donors (Lipinski definition) is 3. The van der Waals surface area contributed by atoms with E-state index >= 15 is 0 Å². The molecule has 42 heavy (non-hydrogen) atoms. The third-order valence-corrected chi connectivity index (χ3v) is 9.01. The molecule has 1 atom stereocenters. The number of carbonyl (C=O) groups is 2. The van der Waals surface area contributed by atoms with Gasteiger partial charge in [-0.1, -0.05) is 25.0 Å². The van der Waals surface area contributed by atoms with E-state index in [0.29, 0.717) is 29.7 Å². The maximum atomic E-state index is 12.7. The number of benzene rings is 1. The molecule has 2 amide bonds. The zero-order valence-electron chi connectivity index (χ0n) is 24.0. The average molecular weight is 569 g/mol. The number of nitrogens with two attached hydrogens (primary N) is 1. The van der Waals surface area contributed by atoms with Crippen molar-refractivity contribution in [3.05, 3.63) is 71.8 Å². The summed E-state index contributed by atoms with van der Waals surface area (Å²) < 4.78 is 0. The van der Waals surface area contributed by atoms with Crippen LogP contribution in [0.25, 0.3) is 0 Å². The number of rotatable bonds is 8. The summed E-state index contributed by atoms with van der Waals surface area (Å²) in [4.78, 5) is 42.8. The number of primary amides is 1. The van der Waals surface area contributed by atoms with Gasteiger partial charge in [0, 0.05) is 43.3 Å². The number of likely N-dealkylation sites (tertiary alicyclic amines) is 1. The quantitative estimate of drug-likeness (QED) is 0.368. The van der Waals surface area contributed by atoms with Crippen molar-refractivity contribution >= 4 is 29.1 Å². The summed E-state index contributed by atoms with van der Waals surface area (Å²) in [7, 11) is 0. The Hall–Kier alpha value is -4.05. The minimum Gasteiger partial charge on any atom is -0.364 e. The molecule has 1 aliphatic carbocycles. The summed E-state index contributed by atoms with van der Waals surface area (Å²) in [5.74, 6) is 0.761. The molecule has 4 N–H and O–H groups in total. The number of carbonyl (C=O) groups excluding carboxylic acids is 2. The molecule has 3 fully saturated rings. The van der Waals surface area contributed by atoms with Crippen molar-refractivity contribution in [1.29, 1.82) is 0 Å². The first-order valence-electron chi connectivity index (χ1n) is 15.3. The van der Waals surface area contributed by atoms with Crippen LogP contribution < -0.4 is 21.3 Å². The van der Waals surface area contributed by atoms with Crippen LogP contribution in [0, 0.1) is 0 Å². The second-order valence-corrected chi connectivity index (χ2v) is 11.8. The fourth-order valence-corrected chi connectivity index (χ4v) is 6.71. The predicted molar refractivity (Wildman–Crippen MR) is 163 cm³/mol. The molecule has 1 aromatic carbocycles. The predicted octanol–water partition coefficient (Wildman–Crippen LogP) is 4.23. The zero-order valence-corrected chi connectivity index (χ0v) is 24.0. The highest BCUT2D eigenvalue weighted by Crippen LogP contribution is 2.33. The van der Waals surface area contributed by atoms with E-state index in [4.69, 9.17) is 10.7 Å². The zero-order chi connectivity index (χ0) is 28.9. The Kier molecular flexibility index (Phi) is 8.60. The minimum absolute atomic E-state index is 0.0435. The van der Waals surface area contributed by atoms with Crippen LogP contribution in [-0.4, -0.2) is 69.9 Å². The highest BCUT2D eigenvalue weighted by Gasteiger charge is 2.28. The van der Waals surface area contributed by atoms with Gasteiger partial charge in [-0.05, 0) is 87.4 Å². The maximum absolute atomic E-state index is 12.7. The summed E-state index contributed by atoms with van der Waals surface area (Å²) in [6.07, 6.45) is 14.4. The summed E-state index contributed by atoms with van der Waals surface area (Å²) in [6, 6.07) is 12.7. The van der Waals surface area contributed by atoms with Gasteiger partial charge >= 0.3 is 0 Å². The Morgan fingerprint density at radius 1 is 0.905 bits per heavy atom. The highest BCUT2D eigenvalue weighted by molar-refractivity contribution is 5.96. The molecule has 0 unspecified atom stereocenters. The van der Waals surface area contributed by atoms with Crippen molar-refractivity contribution in [3.63, 3.8) is 0 Å². The summed E-state index contributed by atoms with van der Waals surface area (Å²) in [6.45, 7) is 3.73. The number of nitrogens with one attached hydrogen (secondary N) is 2. The molecule has 2 aliphatic heterocycles. The highest BCUT2D eigenvalue weighted by atomic mass is 16.2.